The Balaban J connectivity index is 1.42. The molecule has 1 fully saturated rings. The summed E-state index contributed by atoms with van der Waals surface area (Å²) in [7, 11) is 1.61. The Labute approximate surface area is 204 Å². The van der Waals surface area contributed by atoms with Gasteiger partial charge >= 0.3 is 0 Å². The number of anilines is 1. The molecular weight excluding hydrogens is 442 g/mol. The van der Waals surface area contributed by atoms with Crippen LogP contribution >= 0.6 is 0 Å². The SMILES string of the molecule is COc1cccc(CNC(=O)c2ccccc2CN2C(=O)[C@H]3CCCN3C(=O)c3ccccc32)c1. The molecule has 3 aromatic rings. The van der Waals surface area contributed by atoms with E-state index in [0.29, 0.717) is 36.3 Å². The first-order chi connectivity index (χ1) is 17.1. The number of amides is 3. The predicted molar refractivity (Wildman–Crippen MR) is 132 cm³/mol. The lowest BCUT2D eigenvalue weighted by Crippen LogP contribution is -2.44. The highest BCUT2D eigenvalue weighted by atomic mass is 16.5. The van der Waals surface area contributed by atoms with E-state index in [1.807, 2.05) is 54.6 Å². The standard InChI is InChI=1S/C28H27N3O4/c1-35-21-10-6-8-19(16-21)17-29-26(32)22-11-3-2-9-20(22)18-31-24-13-5-4-12-23(24)27(33)30-15-7-14-25(30)28(31)34/h2-6,8-13,16,25H,7,14-15,17-18H2,1H3,(H,29,32)/t25-/m1/s1. The van der Waals surface area contributed by atoms with Gasteiger partial charge in [0.1, 0.15) is 11.8 Å². The quantitative estimate of drug-likeness (QED) is 0.596. The molecule has 2 heterocycles. The molecule has 0 saturated carbocycles. The van der Waals surface area contributed by atoms with Crippen molar-refractivity contribution in [2.45, 2.75) is 32.0 Å². The summed E-state index contributed by atoms with van der Waals surface area (Å²) >= 11 is 0. The summed E-state index contributed by atoms with van der Waals surface area (Å²) in [5, 5.41) is 2.97. The molecule has 7 heteroatoms. The third-order valence-corrected chi connectivity index (χ3v) is 6.67. The number of rotatable bonds is 6. The molecule has 0 radical (unpaired) electrons. The monoisotopic (exact) mass is 469 g/mol. The first-order valence-electron chi connectivity index (χ1n) is 11.8. The van der Waals surface area contributed by atoms with Crippen LogP contribution in [0.5, 0.6) is 5.75 Å². The summed E-state index contributed by atoms with van der Waals surface area (Å²) in [6.07, 6.45) is 1.46. The number of ether oxygens (including phenoxy) is 1. The molecule has 178 valence electrons. The minimum Gasteiger partial charge on any atom is -0.497 e. The molecule has 35 heavy (non-hydrogen) atoms. The van der Waals surface area contributed by atoms with Crippen LogP contribution in [-0.4, -0.2) is 42.3 Å². The minimum absolute atomic E-state index is 0.104. The van der Waals surface area contributed by atoms with E-state index in [9.17, 15) is 14.4 Å². The molecule has 3 amide bonds. The maximum atomic E-state index is 13.6. The molecule has 2 aliphatic rings. The van der Waals surface area contributed by atoms with E-state index in [4.69, 9.17) is 4.74 Å². The number of para-hydroxylation sites is 1. The van der Waals surface area contributed by atoms with E-state index < -0.39 is 6.04 Å². The van der Waals surface area contributed by atoms with E-state index in [1.165, 1.54) is 0 Å². The highest BCUT2D eigenvalue weighted by molar-refractivity contribution is 6.11. The summed E-state index contributed by atoms with van der Waals surface area (Å²) in [4.78, 5) is 43.3. The molecule has 5 rings (SSSR count). The average Bonchev–Trinajstić information content (AvgIpc) is 3.37. The zero-order chi connectivity index (χ0) is 24.4. The van der Waals surface area contributed by atoms with Crippen LogP contribution in [0, 0.1) is 0 Å². The van der Waals surface area contributed by atoms with Crippen molar-refractivity contribution in [2.75, 3.05) is 18.6 Å². The number of nitrogens with zero attached hydrogens (tertiary/aromatic N) is 2. The van der Waals surface area contributed by atoms with Crippen molar-refractivity contribution in [1.29, 1.82) is 0 Å². The predicted octanol–water partition coefficient (Wildman–Crippen LogP) is 3.78. The number of fused-ring (bicyclic) bond motifs is 2. The lowest BCUT2D eigenvalue weighted by molar-refractivity contribution is -0.122. The third kappa shape index (κ3) is 4.37. The van der Waals surface area contributed by atoms with Crippen molar-refractivity contribution in [3.05, 3.63) is 95.1 Å². The van der Waals surface area contributed by atoms with Crippen LogP contribution in [0.4, 0.5) is 5.69 Å². The van der Waals surface area contributed by atoms with E-state index in [2.05, 4.69) is 5.32 Å². The Hall–Kier alpha value is -4.13. The van der Waals surface area contributed by atoms with Gasteiger partial charge in [-0.1, -0.05) is 42.5 Å². The van der Waals surface area contributed by atoms with Gasteiger partial charge in [0.2, 0.25) is 5.91 Å². The number of methoxy groups -OCH3 is 1. The van der Waals surface area contributed by atoms with Gasteiger partial charge in [0.15, 0.2) is 0 Å². The van der Waals surface area contributed by atoms with Crippen LogP contribution in [-0.2, 0) is 17.9 Å². The fraction of sp³-hybridized carbons (Fsp3) is 0.250. The summed E-state index contributed by atoms with van der Waals surface area (Å²) in [6.45, 7) is 1.14. The van der Waals surface area contributed by atoms with Gasteiger partial charge in [-0.2, -0.15) is 0 Å². The smallest absolute Gasteiger partial charge is 0.256 e. The summed E-state index contributed by atoms with van der Waals surface area (Å²) in [5.74, 6) is 0.291. The highest BCUT2D eigenvalue weighted by Crippen LogP contribution is 2.33. The average molecular weight is 470 g/mol. The first-order valence-corrected chi connectivity index (χ1v) is 11.8. The maximum absolute atomic E-state index is 13.6. The van der Waals surface area contributed by atoms with Gasteiger partial charge in [0, 0.05) is 18.7 Å². The largest absolute Gasteiger partial charge is 0.497 e. The number of nitrogens with one attached hydrogen (secondary N) is 1. The molecule has 1 atom stereocenters. The number of hydrogen-bond acceptors (Lipinski definition) is 4. The summed E-state index contributed by atoms with van der Waals surface area (Å²) in [6, 6.07) is 21.6. The Kier molecular flexibility index (Phi) is 6.23. The molecule has 7 nitrogen and oxygen atoms in total. The Morgan fingerprint density at radius 3 is 2.69 bits per heavy atom. The van der Waals surface area contributed by atoms with Gasteiger partial charge in [-0.15, -0.1) is 0 Å². The lowest BCUT2D eigenvalue weighted by atomic mass is 10.0. The second-order valence-electron chi connectivity index (χ2n) is 8.79. The molecule has 1 saturated heterocycles. The van der Waals surface area contributed by atoms with E-state index >= 15 is 0 Å². The van der Waals surface area contributed by atoms with Gasteiger partial charge in [-0.3, -0.25) is 14.4 Å². The topological polar surface area (TPSA) is 79.0 Å². The third-order valence-electron chi connectivity index (χ3n) is 6.67. The van der Waals surface area contributed by atoms with E-state index in [1.54, 1.807) is 35.1 Å². The highest BCUT2D eigenvalue weighted by Gasteiger charge is 2.42. The van der Waals surface area contributed by atoms with Gasteiger partial charge in [-0.05, 0) is 54.3 Å². The van der Waals surface area contributed by atoms with E-state index in [-0.39, 0.29) is 24.3 Å². The molecule has 0 aliphatic carbocycles. The van der Waals surface area contributed by atoms with Gasteiger partial charge in [0.05, 0.1) is 24.9 Å². The van der Waals surface area contributed by atoms with Gasteiger partial charge in [0.25, 0.3) is 11.8 Å². The number of carbonyl (C=O) groups excluding carboxylic acids is 3. The fourth-order valence-electron chi connectivity index (χ4n) is 4.88. The number of carbonyl (C=O) groups is 3. The van der Waals surface area contributed by atoms with Crippen LogP contribution < -0.4 is 15.0 Å². The van der Waals surface area contributed by atoms with Gasteiger partial charge in [-0.25, -0.2) is 0 Å². The second-order valence-corrected chi connectivity index (χ2v) is 8.79. The van der Waals surface area contributed by atoms with Crippen molar-refractivity contribution >= 4 is 23.4 Å². The van der Waals surface area contributed by atoms with Crippen molar-refractivity contribution < 1.29 is 19.1 Å². The number of hydrogen-bond donors (Lipinski definition) is 1. The zero-order valence-corrected chi connectivity index (χ0v) is 19.6. The normalized spacial score (nSPS) is 17.0. The van der Waals surface area contributed by atoms with Crippen molar-refractivity contribution in [2.24, 2.45) is 0 Å². The van der Waals surface area contributed by atoms with Crippen LogP contribution in [0.3, 0.4) is 0 Å². The van der Waals surface area contributed by atoms with Crippen molar-refractivity contribution in [3.8, 4) is 5.75 Å². The van der Waals surface area contributed by atoms with Gasteiger partial charge < -0.3 is 19.9 Å². The Morgan fingerprint density at radius 2 is 1.83 bits per heavy atom. The van der Waals surface area contributed by atoms with Crippen LogP contribution in [0.25, 0.3) is 0 Å². The molecule has 1 N–H and O–H groups in total. The zero-order valence-electron chi connectivity index (χ0n) is 19.6. The second kappa shape index (κ2) is 9.62. The van der Waals surface area contributed by atoms with E-state index in [0.717, 1.165) is 23.3 Å². The maximum Gasteiger partial charge on any atom is 0.256 e. The Morgan fingerprint density at radius 1 is 1.03 bits per heavy atom. The fourth-order valence-corrected chi connectivity index (χ4v) is 4.88. The van der Waals surface area contributed by atoms with Crippen LogP contribution in [0.15, 0.2) is 72.8 Å². The molecule has 3 aromatic carbocycles. The van der Waals surface area contributed by atoms with Crippen LogP contribution in [0.1, 0.15) is 44.7 Å². The number of benzene rings is 3. The lowest BCUT2D eigenvalue weighted by Gasteiger charge is -2.26. The minimum atomic E-state index is -0.469. The molecule has 0 aromatic heterocycles. The first kappa shape index (κ1) is 22.7. The summed E-state index contributed by atoms with van der Waals surface area (Å²) < 4.78 is 5.26. The van der Waals surface area contributed by atoms with Crippen molar-refractivity contribution in [1.82, 2.24) is 10.2 Å². The molecule has 0 unspecified atom stereocenters. The molecular formula is C28H27N3O4. The van der Waals surface area contributed by atoms with Crippen molar-refractivity contribution in [3.63, 3.8) is 0 Å². The molecule has 0 spiro atoms. The summed E-state index contributed by atoms with van der Waals surface area (Å²) in [5.41, 5.74) is 3.25. The van der Waals surface area contributed by atoms with Crippen LogP contribution in [0.2, 0.25) is 0 Å². The molecule has 2 aliphatic heterocycles. The molecule has 0 bridgehead atoms. The Bertz CT molecular complexity index is 1290.